The summed E-state index contributed by atoms with van der Waals surface area (Å²) in [5.41, 5.74) is 1.43. The number of rotatable bonds is 5. The molecule has 1 aliphatic rings. The first-order valence-electron chi connectivity index (χ1n) is 6.85. The monoisotopic (exact) mass is 264 g/mol. The van der Waals surface area contributed by atoms with Gasteiger partial charge in [-0.25, -0.2) is 0 Å². The zero-order chi connectivity index (χ0) is 12.8. The maximum Gasteiger partial charge on any atom is 0.0193 e. The molecule has 1 aromatic rings. The molecule has 1 N–H and O–H groups in total. The van der Waals surface area contributed by atoms with Gasteiger partial charge in [0.15, 0.2) is 0 Å². The second kappa shape index (κ2) is 7.17. The van der Waals surface area contributed by atoms with Crippen molar-refractivity contribution in [2.24, 2.45) is 0 Å². The molecular weight excluding hydrogens is 240 g/mol. The maximum atomic E-state index is 3.53. The molecule has 0 amide bonds. The van der Waals surface area contributed by atoms with Crippen molar-refractivity contribution >= 4 is 11.8 Å². The summed E-state index contributed by atoms with van der Waals surface area (Å²) in [5.74, 6) is 2.36. The largest absolute Gasteiger partial charge is 0.311 e. The zero-order valence-electron chi connectivity index (χ0n) is 11.4. The molecule has 0 spiro atoms. The van der Waals surface area contributed by atoms with Crippen LogP contribution >= 0.6 is 11.8 Å². The van der Waals surface area contributed by atoms with Gasteiger partial charge in [0.2, 0.25) is 0 Å². The van der Waals surface area contributed by atoms with Crippen molar-refractivity contribution < 1.29 is 0 Å². The minimum absolute atomic E-state index is 0.639. The molecule has 1 aliphatic heterocycles. The molecule has 1 aromatic carbocycles. The Hall–Kier alpha value is -0.510. The number of nitrogens with one attached hydrogen (secondary N) is 1. The molecule has 1 fully saturated rings. The molecule has 0 aliphatic carbocycles. The van der Waals surface area contributed by atoms with E-state index < -0.39 is 0 Å². The Kier molecular flexibility index (Phi) is 5.54. The van der Waals surface area contributed by atoms with Gasteiger partial charge in [-0.3, -0.25) is 4.90 Å². The third-order valence-corrected chi connectivity index (χ3v) is 4.54. The highest BCUT2D eigenvalue weighted by molar-refractivity contribution is 7.98. The lowest BCUT2D eigenvalue weighted by Gasteiger charge is -2.37. The average Bonchev–Trinajstić information content (AvgIpc) is 2.40. The predicted octanol–water partition coefficient (Wildman–Crippen LogP) is 2.60. The first-order valence-corrected chi connectivity index (χ1v) is 8.00. The molecule has 3 heteroatoms. The fourth-order valence-electron chi connectivity index (χ4n) is 2.35. The molecule has 2 atom stereocenters. The second-order valence-electron chi connectivity index (χ2n) is 5.19. The summed E-state index contributed by atoms with van der Waals surface area (Å²) in [6, 6.07) is 12.1. The summed E-state index contributed by atoms with van der Waals surface area (Å²) in [4.78, 5) is 2.61. The average molecular weight is 264 g/mol. The number of piperazine rings is 1. The van der Waals surface area contributed by atoms with E-state index in [-0.39, 0.29) is 0 Å². The summed E-state index contributed by atoms with van der Waals surface area (Å²) in [7, 11) is 0. The molecule has 1 saturated heterocycles. The maximum absolute atomic E-state index is 3.53. The SMILES string of the molecule is CC1CN(CCSCc2ccccc2)C(C)CN1. The summed E-state index contributed by atoms with van der Waals surface area (Å²) >= 11 is 2.04. The van der Waals surface area contributed by atoms with Gasteiger partial charge in [-0.1, -0.05) is 30.3 Å². The van der Waals surface area contributed by atoms with Crippen LogP contribution in [0.4, 0.5) is 0 Å². The van der Waals surface area contributed by atoms with Gasteiger partial charge in [0, 0.05) is 43.2 Å². The number of benzene rings is 1. The Morgan fingerprint density at radius 1 is 1.28 bits per heavy atom. The van der Waals surface area contributed by atoms with Crippen molar-refractivity contribution in [3.8, 4) is 0 Å². The Morgan fingerprint density at radius 2 is 2.06 bits per heavy atom. The van der Waals surface area contributed by atoms with Crippen LogP contribution in [0, 0.1) is 0 Å². The van der Waals surface area contributed by atoms with Crippen LogP contribution in [0.2, 0.25) is 0 Å². The molecule has 100 valence electrons. The van der Waals surface area contributed by atoms with Gasteiger partial charge < -0.3 is 5.32 Å². The summed E-state index contributed by atoms with van der Waals surface area (Å²) < 4.78 is 0. The molecule has 0 saturated carbocycles. The highest BCUT2D eigenvalue weighted by Crippen LogP contribution is 2.13. The fourth-order valence-corrected chi connectivity index (χ4v) is 3.29. The number of thioether (sulfide) groups is 1. The third kappa shape index (κ3) is 4.30. The topological polar surface area (TPSA) is 15.3 Å². The normalized spacial score (nSPS) is 25.2. The number of nitrogens with zero attached hydrogens (tertiary/aromatic N) is 1. The van der Waals surface area contributed by atoms with Crippen LogP contribution in [-0.4, -0.2) is 42.4 Å². The van der Waals surface area contributed by atoms with E-state index in [1.807, 2.05) is 11.8 Å². The molecule has 0 aromatic heterocycles. The summed E-state index contributed by atoms with van der Waals surface area (Å²) in [6.07, 6.45) is 0. The van der Waals surface area contributed by atoms with Crippen LogP contribution in [0.15, 0.2) is 30.3 Å². The van der Waals surface area contributed by atoms with Crippen LogP contribution in [0.5, 0.6) is 0 Å². The van der Waals surface area contributed by atoms with E-state index in [0.717, 1.165) is 12.3 Å². The molecule has 2 nitrogen and oxygen atoms in total. The van der Waals surface area contributed by atoms with Crippen molar-refractivity contribution in [1.29, 1.82) is 0 Å². The fraction of sp³-hybridized carbons (Fsp3) is 0.600. The van der Waals surface area contributed by atoms with E-state index in [0.29, 0.717) is 12.1 Å². The van der Waals surface area contributed by atoms with Gasteiger partial charge in [-0.05, 0) is 19.4 Å². The van der Waals surface area contributed by atoms with Gasteiger partial charge in [-0.2, -0.15) is 11.8 Å². The summed E-state index contributed by atoms with van der Waals surface area (Å²) in [6.45, 7) is 8.12. The van der Waals surface area contributed by atoms with E-state index in [1.54, 1.807) is 0 Å². The molecule has 18 heavy (non-hydrogen) atoms. The lowest BCUT2D eigenvalue weighted by atomic mass is 10.1. The van der Waals surface area contributed by atoms with E-state index in [4.69, 9.17) is 0 Å². The van der Waals surface area contributed by atoms with E-state index in [9.17, 15) is 0 Å². The quantitative estimate of drug-likeness (QED) is 0.823. The minimum atomic E-state index is 0.639. The lowest BCUT2D eigenvalue weighted by Crippen LogP contribution is -2.54. The van der Waals surface area contributed by atoms with Crippen molar-refractivity contribution in [1.82, 2.24) is 10.2 Å². The Bertz CT molecular complexity index is 342. The van der Waals surface area contributed by atoms with Crippen molar-refractivity contribution in [3.63, 3.8) is 0 Å². The van der Waals surface area contributed by atoms with Gasteiger partial charge in [-0.15, -0.1) is 0 Å². The molecule has 0 radical (unpaired) electrons. The predicted molar refractivity (Wildman–Crippen MR) is 81.1 cm³/mol. The van der Waals surface area contributed by atoms with Crippen LogP contribution in [-0.2, 0) is 5.75 Å². The standard InChI is InChI=1S/C15H24N2S/c1-13-11-17(14(2)10-16-13)8-9-18-12-15-6-4-3-5-7-15/h3-7,13-14,16H,8-12H2,1-2H3. The molecule has 0 bridgehead atoms. The van der Waals surface area contributed by atoms with E-state index in [2.05, 4.69) is 54.4 Å². The van der Waals surface area contributed by atoms with Gasteiger partial charge in [0.05, 0.1) is 0 Å². The van der Waals surface area contributed by atoms with Crippen molar-refractivity contribution in [2.75, 3.05) is 25.4 Å². The van der Waals surface area contributed by atoms with Crippen LogP contribution in [0.3, 0.4) is 0 Å². The highest BCUT2D eigenvalue weighted by Gasteiger charge is 2.21. The Balaban J connectivity index is 1.66. The summed E-state index contributed by atoms with van der Waals surface area (Å²) in [5, 5.41) is 3.53. The Morgan fingerprint density at radius 3 is 2.83 bits per heavy atom. The van der Waals surface area contributed by atoms with Crippen molar-refractivity contribution in [2.45, 2.75) is 31.7 Å². The Labute approximate surface area is 115 Å². The number of hydrogen-bond acceptors (Lipinski definition) is 3. The van der Waals surface area contributed by atoms with Crippen LogP contribution in [0.1, 0.15) is 19.4 Å². The van der Waals surface area contributed by atoms with Gasteiger partial charge >= 0.3 is 0 Å². The van der Waals surface area contributed by atoms with Gasteiger partial charge in [0.1, 0.15) is 0 Å². The number of hydrogen-bond donors (Lipinski definition) is 1. The third-order valence-electron chi connectivity index (χ3n) is 3.53. The van der Waals surface area contributed by atoms with E-state index >= 15 is 0 Å². The zero-order valence-corrected chi connectivity index (χ0v) is 12.2. The molecule has 1 heterocycles. The first kappa shape index (κ1) is 13.9. The minimum Gasteiger partial charge on any atom is -0.311 e. The smallest absolute Gasteiger partial charge is 0.0193 e. The van der Waals surface area contributed by atoms with E-state index in [1.165, 1.54) is 24.4 Å². The highest BCUT2D eigenvalue weighted by atomic mass is 32.2. The van der Waals surface area contributed by atoms with Crippen LogP contribution < -0.4 is 5.32 Å². The second-order valence-corrected chi connectivity index (χ2v) is 6.30. The van der Waals surface area contributed by atoms with Crippen molar-refractivity contribution in [3.05, 3.63) is 35.9 Å². The molecule has 2 unspecified atom stereocenters. The first-order chi connectivity index (χ1) is 8.75. The van der Waals surface area contributed by atoms with Gasteiger partial charge in [0.25, 0.3) is 0 Å². The lowest BCUT2D eigenvalue weighted by molar-refractivity contribution is 0.156. The molecular formula is C15H24N2S. The van der Waals surface area contributed by atoms with Crippen LogP contribution in [0.25, 0.3) is 0 Å². The molecule has 2 rings (SSSR count).